The minimum atomic E-state index is -2.79. The van der Waals surface area contributed by atoms with E-state index in [4.69, 9.17) is 0 Å². The summed E-state index contributed by atoms with van der Waals surface area (Å²) >= 11 is 0. The van der Waals surface area contributed by atoms with Crippen molar-refractivity contribution in [3.8, 4) is 0 Å². The van der Waals surface area contributed by atoms with E-state index < -0.39 is 9.84 Å². The quantitative estimate of drug-likeness (QED) is 0.667. The highest BCUT2D eigenvalue weighted by Crippen LogP contribution is 2.55. The Labute approximate surface area is 86.0 Å². The number of rotatable bonds is 1. The molecule has 0 aromatic carbocycles. The molecule has 4 rings (SSSR count). The van der Waals surface area contributed by atoms with E-state index in [1.54, 1.807) is 0 Å². The van der Waals surface area contributed by atoms with Gasteiger partial charge in [0, 0.05) is 6.26 Å². The molecule has 0 amide bonds. The van der Waals surface area contributed by atoms with Crippen LogP contribution < -0.4 is 0 Å². The molecule has 0 aromatic heterocycles. The standard InChI is InChI=1S/C11H18O2S/c1-14(12,13)11-9-3-7-2-8(5-9)6-10(11)4-7/h7-11H,2-6H2,1H3. The fourth-order valence-corrected chi connectivity index (χ4v) is 6.42. The van der Waals surface area contributed by atoms with Gasteiger partial charge in [-0.05, 0) is 55.8 Å². The van der Waals surface area contributed by atoms with Gasteiger partial charge in [-0.25, -0.2) is 8.42 Å². The average molecular weight is 214 g/mol. The third-order valence-electron chi connectivity index (χ3n) is 4.63. The Morgan fingerprint density at radius 2 is 1.29 bits per heavy atom. The number of hydrogen-bond donors (Lipinski definition) is 0. The first kappa shape index (κ1) is 9.20. The zero-order chi connectivity index (χ0) is 9.92. The molecule has 0 spiro atoms. The monoisotopic (exact) mass is 214 g/mol. The molecule has 4 saturated carbocycles. The zero-order valence-corrected chi connectivity index (χ0v) is 9.46. The Morgan fingerprint density at radius 1 is 0.857 bits per heavy atom. The molecule has 0 radical (unpaired) electrons. The van der Waals surface area contributed by atoms with Crippen LogP contribution in [-0.4, -0.2) is 19.9 Å². The fraction of sp³-hybridized carbons (Fsp3) is 1.00. The second kappa shape index (κ2) is 2.75. The minimum Gasteiger partial charge on any atom is -0.229 e. The molecule has 0 aromatic rings. The van der Waals surface area contributed by atoms with Gasteiger partial charge in [-0.15, -0.1) is 0 Å². The van der Waals surface area contributed by atoms with Gasteiger partial charge in [0.15, 0.2) is 9.84 Å². The van der Waals surface area contributed by atoms with Crippen molar-refractivity contribution in [1.29, 1.82) is 0 Å². The van der Waals surface area contributed by atoms with Crippen molar-refractivity contribution in [3.63, 3.8) is 0 Å². The first-order valence-electron chi connectivity index (χ1n) is 5.73. The van der Waals surface area contributed by atoms with Crippen LogP contribution in [0.15, 0.2) is 0 Å². The molecule has 0 aliphatic heterocycles. The molecule has 2 nitrogen and oxygen atoms in total. The summed E-state index contributed by atoms with van der Waals surface area (Å²) in [6, 6.07) is 0. The minimum absolute atomic E-state index is 0.0234. The maximum atomic E-state index is 11.7. The molecular weight excluding hydrogens is 196 g/mol. The van der Waals surface area contributed by atoms with Gasteiger partial charge in [0.25, 0.3) is 0 Å². The van der Waals surface area contributed by atoms with Crippen molar-refractivity contribution in [3.05, 3.63) is 0 Å². The molecule has 4 aliphatic rings. The first-order valence-corrected chi connectivity index (χ1v) is 7.68. The van der Waals surface area contributed by atoms with Crippen molar-refractivity contribution >= 4 is 9.84 Å². The van der Waals surface area contributed by atoms with Gasteiger partial charge in [-0.3, -0.25) is 0 Å². The van der Waals surface area contributed by atoms with E-state index >= 15 is 0 Å². The maximum Gasteiger partial charge on any atom is 0.150 e. The van der Waals surface area contributed by atoms with Crippen LogP contribution in [0, 0.1) is 23.7 Å². The lowest BCUT2D eigenvalue weighted by Gasteiger charge is -2.53. The highest BCUT2D eigenvalue weighted by Gasteiger charge is 2.51. The van der Waals surface area contributed by atoms with Crippen molar-refractivity contribution in [2.75, 3.05) is 6.26 Å². The summed E-state index contributed by atoms with van der Waals surface area (Å²) in [6.07, 6.45) is 7.63. The molecule has 4 aliphatic carbocycles. The molecular formula is C11H18O2S. The predicted molar refractivity (Wildman–Crippen MR) is 55.7 cm³/mol. The lowest BCUT2D eigenvalue weighted by molar-refractivity contribution is 0.0240. The average Bonchev–Trinajstić information content (AvgIpc) is 1.97. The van der Waals surface area contributed by atoms with Crippen molar-refractivity contribution in [1.82, 2.24) is 0 Å². The lowest BCUT2D eigenvalue weighted by Crippen LogP contribution is -2.51. The van der Waals surface area contributed by atoms with E-state index in [1.165, 1.54) is 38.4 Å². The summed E-state index contributed by atoms with van der Waals surface area (Å²) in [4.78, 5) is 0. The first-order chi connectivity index (χ1) is 6.54. The normalized spacial score (nSPS) is 51.1. The van der Waals surface area contributed by atoms with Gasteiger partial charge in [-0.1, -0.05) is 0 Å². The second-order valence-electron chi connectivity index (χ2n) is 5.72. The van der Waals surface area contributed by atoms with Crippen molar-refractivity contribution in [2.24, 2.45) is 23.7 Å². The van der Waals surface area contributed by atoms with Gasteiger partial charge < -0.3 is 0 Å². The molecule has 80 valence electrons. The van der Waals surface area contributed by atoms with Gasteiger partial charge >= 0.3 is 0 Å². The van der Waals surface area contributed by atoms with Crippen LogP contribution in [-0.2, 0) is 9.84 Å². The second-order valence-corrected chi connectivity index (χ2v) is 7.93. The van der Waals surface area contributed by atoms with E-state index in [9.17, 15) is 8.42 Å². The molecule has 3 heteroatoms. The molecule has 0 saturated heterocycles. The summed E-state index contributed by atoms with van der Waals surface area (Å²) in [7, 11) is -2.79. The van der Waals surface area contributed by atoms with E-state index in [-0.39, 0.29) is 5.25 Å². The van der Waals surface area contributed by atoms with Gasteiger partial charge in [0.1, 0.15) is 0 Å². The largest absolute Gasteiger partial charge is 0.229 e. The summed E-state index contributed by atoms with van der Waals surface area (Å²) in [5, 5.41) is 0.0234. The van der Waals surface area contributed by atoms with Crippen LogP contribution in [0.3, 0.4) is 0 Å². The molecule has 4 bridgehead atoms. The molecule has 0 heterocycles. The third kappa shape index (κ3) is 1.24. The van der Waals surface area contributed by atoms with Gasteiger partial charge in [-0.2, -0.15) is 0 Å². The summed E-state index contributed by atoms with van der Waals surface area (Å²) in [5.41, 5.74) is 0. The van der Waals surface area contributed by atoms with Crippen LogP contribution in [0.4, 0.5) is 0 Å². The Bertz CT molecular complexity index is 316. The van der Waals surface area contributed by atoms with Crippen molar-refractivity contribution < 1.29 is 8.42 Å². The highest BCUT2D eigenvalue weighted by molar-refractivity contribution is 7.91. The van der Waals surface area contributed by atoms with Crippen LogP contribution in [0.25, 0.3) is 0 Å². The molecule has 0 atom stereocenters. The van der Waals surface area contributed by atoms with E-state index in [0.717, 1.165) is 11.8 Å². The van der Waals surface area contributed by atoms with Crippen LogP contribution in [0.1, 0.15) is 32.1 Å². The van der Waals surface area contributed by atoms with Crippen molar-refractivity contribution in [2.45, 2.75) is 37.4 Å². The smallest absolute Gasteiger partial charge is 0.150 e. The maximum absolute atomic E-state index is 11.7. The van der Waals surface area contributed by atoms with E-state index in [1.807, 2.05) is 0 Å². The Morgan fingerprint density at radius 3 is 1.64 bits per heavy atom. The highest BCUT2D eigenvalue weighted by atomic mass is 32.2. The molecule has 4 fully saturated rings. The number of sulfone groups is 1. The SMILES string of the molecule is CS(=O)(=O)C1C2CC3CC(C2)CC1C3. The third-order valence-corrected chi connectivity index (χ3v) is 6.39. The number of hydrogen-bond acceptors (Lipinski definition) is 2. The zero-order valence-electron chi connectivity index (χ0n) is 8.65. The Hall–Kier alpha value is -0.0500. The topological polar surface area (TPSA) is 34.1 Å². The van der Waals surface area contributed by atoms with E-state index in [2.05, 4.69) is 0 Å². The lowest BCUT2D eigenvalue weighted by atomic mass is 9.56. The summed E-state index contributed by atoms with van der Waals surface area (Å²) in [5.74, 6) is 2.77. The van der Waals surface area contributed by atoms with Gasteiger partial charge in [0.05, 0.1) is 5.25 Å². The predicted octanol–water partition coefficient (Wildman–Crippen LogP) is 1.86. The Kier molecular flexibility index (Phi) is 1.80. The summed E-state index contributed by atoms with van der Waals surface area (Å²) < 4.78 is 23.4. The van der Waals surface area contributed by atoms with Gasteiger partial charge in [0.2, 0.25) is 0 Å². The van der Waals surface area contributed by atoms with Crippen LogP contribution in [0.2, 0.25) is 0 Å². The molecule has 14 heavy (non-hydrogen) atoms. The summed E-state index contributed by atoms with van der Waals surface area (Å²) in [6.45, 7) is 0. The van der Waals surface area contributed by atoms with E-state index in [0.29, 0.717) is 11.8 Å². The fourth-order valence-electron chi connectivity index (χ4n) is 4.57. The molecule has 0 unspecified atom stereocenters. The molecule has 0 N–H and O–H groups in total. The van der Waals surface area contributed by atoms with Crippen LogP contribution >= 0.6 is 0 Å². The van der Waals surface area contributed by atoms with Crippen LogP contribution in [0.5, 0.6) is 0 Å². The Balaban J connectivity index is 1.95.